The van der Waals surface area contributed by atoms with Crippen LogP contribution in [0.25, 0.3) is 0 Å². The molecule has 0 aromatic heterocycles. The lowest BCUT2D eigenvalue weighted by Gasteiger charge is -2.28. The van der Waals surface area contributed by atoms with Gasteiger partial charge in [-0.2, -0.15) is 0 Å². The maximum atomic E-state index is 11.0. The number of urea groups is 1. The Morgan fingerprint density at radius 1 is 1.67 bits per heavy atom. The number of aliphatic hydroxyl groups is 1. The van der Waals surface area contributed by atoms with Crippen molar-refractivity contribution in [1.29, 1.82) is 0 Å². The van der Waals surface area contributed by atoms with E-state index in [9.17, 15) is 9.59 Å². The number of hydrogen-bond donors (Lipinski definition) is 2. The second-order valence-electron chi connectivity index (χ2n) is 2.43. The number of nitrogens with one attached hydrogen (secondary N) is 1. The first kappa shape index (κ1) is 9.47. The zero-order valence-electron chi connectivity index (χ0n) is 6.29. The average molecular weight is 237 g/mol. The summed E-state index contributed by atoms with van der Waals surface area (Å²) in [6.07, 6.45) is 0. The number of carbonyl (C=O) groups is 2. The van der Waals surface area contributed by atoms with Crippen LogP contribution in [0.3, 0.4) is 0 Å². The van der Waals surface area contributed by atoms with Crippen LogP contribution in [-0.4, -0.2) is 46.5 Å². The number of nitrogens with zero attached hydrogens (tertiary/aromatic N) is 1. The topological polar surface area (TPSA) is 69.6 Å². The van der Waals surface area contributed by atoms with E-state index in [1.807, 2.05) is 0 Å². The van der Waals surface area contributed by atoms with Gasteiger partial charge >= 0.3 is 6.03 Å². The number of aliphatic hydroxyl groups excluding tert-OH is 1. The molecule has 12 heavy (non-hydrogen) atoms. The van der Waals surface area contributed by atoms with Crippen molar-refractivity contribution in [2.75, 3.05) is 19.7 Å². The number of hydrogen-bond acceptors (Lipinski definition) is 3. The van der Waals surface area contributed by atoms with Gasteiger partial charge in [-0.05, 0) is 0 Å². The summed E-state index contributed by atoms with van der Waals surface area (Å²) in [7, 11) is 0. The Hall–Kier alpha value is -0.620. The maximum Gasteiger partial charge on any atom is 0.324 e. The third-order valence-electron chi connectivity index (χ3n) is 1.55. The van der Waals surface area contributed by atoms with Crippen LogP contribution < -0.4 is 5.32 Å². The minimum absolute atomic E-state index is 0.0959. The number of β-amino-alcohol motifs (C(OH)–C–C–N with tert-alkyl or cyclic N) is 1. The first-order valence-electron chi connectivity index (χ1n) is 3.50. The van der Waals surface area contributed by atoms with Crippen molar-refractivity contribution in [1.82, 2.24) is 10.2 Å². The van der Waals surface area contributed by atoms with Crippen LogP contribution >= 0.6 is 15.9 Å². The fourth-order valence-corrected chi connectivity index (χ4v) is 1.40. The van der Waals surface area contributed by atoms with Crippen LogP contribution in [0, 0.1) is 0 Å². The van der Waals surface area contributed by atoms with Crippen LogP contribution in [-0.2, 0) is 4.79 Å². The van der Waals surface area contributed by atoms with E-state index >= 15 is 0 Å². The summed E-state index contributed by atoms with van der Waals surface area (Å²) in [5.41, 5.74) is 0. The smallest absolute Gasteiger partial charge is 0.324 e. The summed E-state index contributed by atoms with van der Waals surface area (Å²) in [5.74, 6) is -0.325. The van der Waals surface area contributed by atoms with Gasteiger partial charge in [0.15, 0.2) is 0 Å². The van der Waals surface area contributed by atoms with Crippen molar-refractivity contribution in [2.24, 2.45) is 0 Å². The second kappa shape index (κ2) is 3.86. The summed E-state index contributed by atoms with van der Waals surface area (Å²) < 4.78 is 0. The molecule has 5 nitrogen and oxygen atoms in total. The Kier molecular flexibility index (Phi) is 3.05. The van der Waals surface area contributed by atoms with Crippen LogP contribution in [0.15, 0.2) is 0 Å². The van der Waals surface area contributed by atoms with Gasteiger partial charge in [0.2, 0.25) is 5.91 Å². The van der Waals surface area contributed by atoms with Crippen molar-refractivity contribution >= 4 is 27.9 Å². The van der Waals surface area contributed by atoms with Crippen molar-refractivity contribution in [2.45, 2.75) is 4.83 Å². The van der Waals surface area contributed by atoms with Gasteiger partial charge < -0.3 is 10.0 Å². The lowest BCUT2D eigenvalue weighted by atomic mass is 10.3. The monoisotopic (exact) mass is 236 g/mol. The summed E-state index contributed by atoms with van der Waals surface area (Å²) in [6.45, 7) is 0.466. The van der Waals surface area contributed by atoms with Gasteiger partial charge in [0, 0.05) is 13.1 Å². The lowest BCUT2D eigenvalue weighted by molar-refractivity contribution is -0.120. The standard InChI is InChI=1S/C6H9BrN2O3/c7-4-3-9(1-2-10)6(12)8-5(4)11/h4,10H,1-3H2,(H,8,11,12). The third-order valence-corrected chi connectivity index (χ3v) is 2.26. The van der Waals surface area contributed by atoms with Crippen LogP contribution in [0.5, 0.6) is 0 Å². The Labute approximate surface area is 77.9 Å². The van der Waals surface area contributed by atoms with E-state index in [2.05, 4.69) is 21.2 Å². The molecule has 1 fully saturated rings. The van der Waals surface area contributed by atoms with Gasteiger partial charge in [-0.25, -0.2) is 4.79 Å². The van der Waals surface area contributed by atoms with Crippen LogP contribution in [0.4, 0.5) is 4.79 Å². The van der Waals surface area contributed by atoms with Crippen molar-refractivity contribution < 1.29 is 14.7 Å². The highest BCUT2D eigenvalue weighted by Gasteiger charge is 2.29. The Balaban J connectivity index is 2.55. The first-order valence-corrected chi connectivity index (χ1v) is 4.41. The third kappa shape index (κ3) is 1.95. The zero-order chi connectivity index (χ0) is 9.14. The van der Waals surface area contributed by atoms with Crippen molar-refractivity contribution in [3.63, 3.8) is 0 Å². The molecule has 68 valence electrons. The quantitative estimate of drug-likeness (QED) is 0.623. The predicted molar refractivity (Wildman–Crippen MR) is 44.9 cm³/mol. The average Bonchev–Trinajstić information content (AvgIpc) is 2.01. The maximum absolute atomic E-state index is 11.0. The first-order chi connectivity index (χ1) is 5.65. The molecule has 1 atom stereocenters. The molecule has 1 rings (SSSR count). The van der Waals surface area contributed by atoms with Crippen molar-refractivity contribution in [3.05, 3.63) is 0 Å². The molecule has 0 aromatic carbocycles. The minimum atomic E-state index is -0.440. The zero-order valence-corrected chi connectivity index (χ0v) is 7.87. The molecule has 1 aliphatic rings. The largest absolute Gasteiger partial charge is 0.395 e. The highest BCUT2D eigenvalue weighted by molar-refractivity contribution is 9.10. The highest BCUT2D eigenvalue weighted by atomic mass is 79.9. The van der Waals surface area contributed by atoms with Crippen molar-refractivity contribution in [3.8, 4) is 0 Å². The van der Waals surface area contributed by atoms with Gasteiger partial charge in [0.05, 0.1) is 6.61 Å². The predicted octanol–water partition coefficient (Wildman–Crippen LogP) is -0.706. The number of amides is 3. The molecule has 0 aliphatic carbocycles. The summed E-state index contributed by atoms with van der Waals surface area (Å²) in [6, 6.07) is -0.440. The van der Waals surface area contributed by atoms with Gasteiger partial charge in [-0.3, -0.25) is 10.1 Å². The van der Waals surface area contributed by atoms with E-state index in [-0.39, 0.29) is 23.9 Å². The van der Waals surface area contributed by atoms with Gasteiger partial charge in [-0.15, -0.1) is 0 Å². The number of imide groups is 1. The van der Waals surface area contributed by atoms with E-state index in [4.69, 9.17) is 5.11 Å². The molecule has 1 heterocycles. The van der Waals surface area contributed by atoms with Gasteiger partial charge in [0.1, 0.15) is 4.83 Å². The molecule has 6 heteroatoms. The number of halogens is 1. The van der Waals surface area contributed by atoms with E-state index in [1.165, 1.54) is 4.90 Å². The molecule has 3 amide bonds. The van der Waals surface area contributed by atoms with Crippen LogP contribution in [0.1, 0.15) is 0 Å². The molecular weight excluding hydrogens is 228 g/mol. The minimum Gasteiger partial charge on any atom is -0.395 e. The Morgan fingerprint density at radius 3 is 2.92 bits per heavy atom. The summed E-state index contributed by atoms with van der Waals surface area (Å²) >= 11 is 3.10. The van der Waals surface area contributed by atoms with Crippen LogP contribution in [0.2, 0.25) is 0 Å². The SMILES string of the molecule is O=C1NC(=O)N(CCO)CC1Br. The molecule has 1 saturated heterocycles. The fraction of sp³-hybridized carbons (Fsp3) is 0.667. The van der Waals surface area contributed by atoms with Gasteiger partial charge in [-0.1, -0.05) is 15.9 Å². The Bertz CT molecular complexity index is 209. The molecule has 0 radical (unpaired) electrons. The molecular formula is C6H9BrN2O3. The number of rotatable bonds is 2. The second-order valence-corrected chi connectivity index (χ2v) is 3.54. The normalized spacial score (nSPS) is 24.2. The van der Waals surface area contributed by atoms with E-state index in [0.29, 0.717) is 6.54 Å². The molecule has 0 aromatic rings. The Morgan fingerprint density at radius 2 is 2.33 bits per heavy atom. The molecule has 2 N–H and O–H groups in total. The number of alkyl halides is 1. The van der Waals surface area contributed by atoms with E-state index < -0.39 is 6.03 Å². The molecule has 0 bridgehead atoms. The molecule has 1 aliphatic heterocycles. The van der Waals surface area contributed by atoms with Gasteiger partial charge in [0.25, 0.3) is 0 Å². The summed E-state index contributed by atoms with van der Waals surface area (Å²) in [4.78, 5) is 22.9. The lowest BCUT2D eigenvalue weighted by Crippen LogP contribution is -2.55. The molecule has 1 unspecified atom stereocenters. The molecule has 0 saturated carbocycles. The van der Waals surface area contributed by atoms with E-state index in [0.717, 1.165) is 0 Å². The number of carbonyl (C=O) groups excluding carboxylic acids is 2. The molecule has 0 spiro atoms. The summed E-state index contributed by atoms with van der Waals surface area (Å²) in [5, 5.41) is 10.7. The fourth-order valence-electron chi connectivity index (χ4n) is 0.936. The van der Waals surface area contributed by atoms with E-state index in [1.54, 1.807) is 0 Å². The highest BCUT2D eigenvalue weighted by Crippen LogP contribution is 2.08.